The summed E-state index contributed by atoms with van der Waals surface area (Å²) in [6, 6.07) is 5.84. The molecule has 1 amide bonds. The normalized spacial score (nSPS) is 12.6. The van der Waals surface area contributed by atoms with Gasteiger partial charge in [0, 0.05) is 24.2 Å². The van der Waals surface area contributed by atoms with E-state index in [9.17, 15) is 18.0 Å². The molecule has 27 heavy (non-hydrogen) atoms. The Morgan fingerprint density at radius 2 is 1.96 bits per heavy atom. The Labute approximate surface area is 155 Å². The molecule has 1 heterocycles. The van der Waals surface area contributed by atoms with Gasteiger partial charge in [-0.2, -0.15) is 18.3 Å². The van der Waals surface area contributed by atoms with Crippen molar-refractivity contribution >= 4 is 5.91 Å². The molecule has 1 N–H and O–H groups in total. The van der Waals surface area contributed by atoms with Crippen molar-refractivity contribution < 1.29 is 27.4 Å². The summed E-state index contributed by atoms with van der Waals surface area (Å²) in [6.45, 7) is 3.36. The molecule has 2 rings (SSSR count). The number of hydrogen-bond donors (Lipinski definition) is 1. The minimum Gasteiger partial charge on any atom is -0.497 e. The van der Waals surface area contributed by atoms with Gasteiger partial charge in [-0.25, -0.2) is 0 Å². The fourth-order valence-corrected chi connectivity index (χ4v) is 2.65. The van der Waals surface area contributed by atoms with Gasteiger partial charge in [0.05, 0.1) is 20.3 Å². The molecule has 0 aliphatic rings. The molecule has 1 unspecified atom stereocenters. The summed E-state index contributed by atoms with van der Waals surface area (Å²) in [5.41, 5.74) is 0.118. The van der Waals surface area contributed by atoms with Crippen molar-refractivity contribution in [3.05, 3.63) is 41.2 Å². The molecule has 0 radical (unpaired) electrons. The fraction of sp³-hybridized carbons (Fsp3) is 0.444. The molecule has 148 valence electrons. The van der Waals surface area contributed by atoms with Crippen molar-refractivity contribution in [1.29, 1.82) is 0 Å². The van der Waals surface area contributed by atoms with Crippen LogP contribution in [0.15, 0.2) is 24.3 Å². The Hall–Kier alpha value is -2.71. The lowest BCUT2D eigenvalue weighted by molar-refractivity contribution is -0.141. The summed E-state index contributed by atoms with van der Waals surface area (Å²) in [5, 5.41) is 6.33. The van der Waals surface area contributed by atoms with E-state index in [4.69, 9.17) is 9.47 Å². The van der Waals surface area contributed by atoms with E-state index >= 15 is 0 Å². The second kappa shape index (κ2) is 8.32. The summed E-state index contributed by atoms with van der Waals surface area (Å²) < 4.78 is 49.8. The predicted molar refractivity (Wildman–Crippen MR) is 92.7 cm³/mol. The number of aromatic nitrogens is 2. The number of benzene rings is 1. The molecule has 0 fully saturated rings. The molecular weight excluding hydrogens is 363 g/mol. The Kier molecular flexibility index (Phi) is 6.35. The maximum Gasteiger partial charge on any atom is 0.435 e. The molecule has 1 atom stereocenters. The number of halogens is 3. The van der Waals surface area contributed by atoms with Crippen molar-refractivity contribution in [3.63, 3.8) is 0 Å². The van der Waals surface area contributed by atoms with Crippen molar-refractivity contribution in [3.8, 4) is 11.5 Å². The maximum absolute atomic E-state index is 12.7. The average Bonchev–Trinajstić information content (AvgIpc) is 3.00. The molecule has 0 saturated heterocycles. The van der Waals surface area contributed by atoms with Crippen LogP contribution in [0.5, 0.6) is 11.5 Å². The smallest absolute Gasteiger partial charge is 0.435 e. The summed E-state index contributed by atoms with van der Waals surface area (Å²) >= 11 is 0. The topological polar surface area (TPSA) is 65.4 Å². The second-order valence-electron chi connectivity index (χ2n) is 6.04. The Bertz CT molecular complexity index is 803. The van der Waals surface area contributed by atoms with Gasteiger partial charge in [-0.15, -0.1) is 0 Å². The lowest BCUT2D eigenvalue weighted by Crippen LogP contribution is -2.28. The lowest BCUT2D eigenvalue weighted by atomic mass is 10.1. The monoisotopic (exact) mass is 385 g/mol. The van der Waals surface area contributed by atoms with Gasteiger partial charge in [0.1, 0.15) is 11.5 Å². The molecule has 1 aromatic heterocycles. The van der Waals surface area contributed by atoms with Gasteiger partial charge >= 0.3 is 6.18 Å². The van der Waals surface area contributed by atoms with Crippen LogP contribution in [0.2, 0.25) is 0 Å². The molecule has 0 spiro atoms. The van der Waals surface area contributed by atoms with Gasteiger partial charge in [0.2, 0.25) is 5.91 Å². The van der Waals surface area contributed by atoms with E-state index in [1.165, 1.54) is 25.8 Å². The maximum atomic E-state index is 12.7. The van der Waals surface area contributed by atoms with Crippen LogP contribution >= 0.6 is 0 Å². The van der Waals surface area contributed by atoms with Crippen LogP contribution in [0.25, 0.3) is 0 Å². The largest absolute Gasteiger partial charge is 0.497 e. The number of aryl methyl sites for hydroxylation is 2. The molecule has 6 nitrogen and oxygen atoms in total. The molecule has 2 aromatic rings. The number of rotatable bonds is 7. The van der Waals surface area contributed by atoms with Crippen LogP contribution in [-0.4, -0.2) is 29.9 Å². The number of carbonyl (C=O) groups excluding carboxylic acids is 1. The van der Waals surface area contributed by atoms with E-state index < -0.39 is 11.9 Å². The van der Waals surface area contributed by atoms with Crippen molar-refractivity contribution in [2.75, 3.05) is 14.2 Å². The summed E-state index contributed by atoms with van der Waals surface area (Å²) in [6.07, 6.45) is -4.51. The first-order valence-corrected chi connectivity index (χ1v) is 8.28. The number of alkyl halides is 3. The van der Waals surface area contributed by atoms with E-state index in [1.54, 1.807) is 25.1 Å². The highest BCUT2D eigenvalue weighted by molar-refractivity contribution is 5.76. The van der Waals surface area contributed by atoms with Crippen LogP contribution in [0, 0.1) is 6.92 Å². The van der Waals surface area contributed by atoms with E-state index in [2.05, 4.69) is 10.4 Å². The van der Waals surface area contributed by atoms with Gasteiger partial charge in [-0.1, -0.05) is 0 Å². The molecule has 0 aliphatic carbocycles. The average molecular weight is 385 g/mol. The van der Waals surface area contributed by atoms with Crippen molar-refractivity contribution in [1.82, 2.24) is 15.1 Å². The predicted octanol–water partition coefficient (Wildman–Crippen LogP) is 3.50. The highest BCUT2D eigenvalue weighted by atomic mass is 19.4. The number of ether oxygens (including phenoxy) is 2. The first-order chi connectivity index (χ1) is 12.7. The zero-order valence-corrected chi connectivity index (χ0v) is 15.6. The first kappa shape index (κ1) is 20.6. The van der Waals surface area contributed by atoms with Crippen LogP contribution in [-0.2, 0) is 17.5 Å². The van der Waals surface area contributed by atoms with Gasteiger partial charge in [-0.05, 0) is 38.1 Å². The number of carbonyl (C=O) groups is 1. The Morgan fingerprint density at radius 3 is 2.52 bits per heavy atom. The summed E-state index contributed by atoms with van der Waals surface area (Å²) in [7, 11) is 3.06. The van der Waals surface area contributed by atoms with Crippen LogP contribution in [0.1, 0.15) is 36.3 Å². The number of methoxy groups -OCH3 is 2. The third-order valence-electron chi connectivity index (χ3n) is 4.10. The van der Waals surface area contributed by atoms with E-state index in [1.807, 2.05) is 0 Å². The summed E-state index contributed by atoms with van der Waals surface area (Å²) in [5.74, 6) is 0.913. The van der Waals surface area contributed by atoms with E-state index in [0.717, 1.165) is 11.6 Å². The second-order valence-corrected chi connectivity index (χ2v) is 6.04. The van der Waals surface area contributed by atoms with E-state index in [0.29, 0.717) is 17.2 Å². The molecule has 0 aliphatic heterocycles. The van der Waals surface area contributed by atoms with Crippen LogP contribution < -0.4 is 14.8 Å². The van der Waals surface area contributed by atoms with Crippen LogP contribution in [0.3, 0.4) is 0 Å². The van der Waals surface area contributed by atoms with Gasteiger partial charge in [0.15, 0.2) is 5.69 Å². The molecule has 9 heteroatoms. The third kappa shape index (κ3) is 5.15. The standard InChI is InChI=1S/C18H22F3N3O3/c1-11-9-16(18(19,20)21)23-24(11)8-7-17(25)22-12(2)14-10-13(26-3)5-6-15(14)27-4/h5-6,9-10,12H,7-8H2,1-4H3,(H,22,25). The number of hydrogen-bond acceptors (Lipinski definition) is 4. The molecule has 0 saturated carbocycles. The first-order valence-electron chi connectivity index (χ1n) is 8.28. The van der Waals surface area contributed by atoms with E-state index in [-0.39, 0.29) is 24.9 Å². The van der Waals surface area contributed by atoms with Crippen molar-refractivity contribution in [2.24, 2.45) is 0 Å². The van der Waals surface area contributed by atoms with Gasteiger partial charge < -0.3 is 14.8 Å². The zero-order valence-electron chi connectivity index (χ0n) is 15.6. The van der Waals surface area contributed by atoms with Gasteiger partial charge in [0.25, 0.3) is 0 Å². The molecule has 0 bridgehead atoms. The number of amides is 1. The van der Waals surface area contributed by atoms with Crippen molar-refractivity contribution in [2.45, 2.75) is 39.0 Å². The molecular formula is C18H22F3N3O3. The zero-order chi connectivity index (χ0) is 20.2. The van der Waals surface area contributed by atoms with Gasteiger partial charge in [-0.3, -0.25) is 9.48 Å². The minimum atomic E-state index is -4.50. The molecule has 1 aromatic carbocycles. The van der Waals surface area contributed by atoms with Crippen LogP contribution in [0.4, 0.5) is 13.2 Å². The summed E-state index contributed by atoms with van der Waals surface area (Å²) in [4.78, 5) is 12.2. The SMILES string of the molecule is COc1ccc(OC)c(C(C)NC(=O)CCn2nc(C(F)(F)F)cc2C)c1. The Balaban J connectivity index is 2.01. The lowest BCUT2D eigenvalue weighted by Gasteiger charge is -2.18. The number of nitrogens with zero attached hydrogens (tertiary/aromatic N) is 2. The quantitative estimate of drug-likeness (QED) is 0.792. The Morgan fingerprint density at radius 1 is 1.26 bits per heavy atom. The minimum absolute atomic E-state index is 0.00353. The third-order valence-corrected chi connectivity index (χ3v) is 4.10. The highest BCUT2D eigenvalue weighted by Crippen LogP contribution is 2.30. The fourth-order valence-electron chi connectivity index (χ4n) is 2.65. The number of nitrogens with one attached hydrogen (secondary N) is 1. The highest BCUT2D eigenvalue weighted by Gasteiger charge is 2.34.